The van der Waals surface area contributed by atoms with Crippen molar-refractivity contribution in [3.8, 4) is 0 Å². The summed E-state index contributed by atoms with van der Waals surface area (Å²) in [5, 5.41) is 10.8. The molecule has 0 fully saturated rings. The van der Waals surface area contributed by atoms with E-state index in [1.165, 1.54) is 6.07 Å². The minimum absolute atomic E-state index is 0.0272. The predicted octanol–water partition coefficient (Wildman–Crippen LogP) is 2.72. The van der Waals surface area contributed by atoms with Crippen molar-refractivity contribution in [1.82, 2.24) is 4.98 Å². The lowest BCUT2D eigenvalue weighted by molar-refractivity contribution is -0.385. The first kappa shape index (κ1) is 12.9. The van der Waals surface area contributed by atoms with E-state index in [4.69, 9.17) is 0 Å². The van der Waals surface area contributed by atoms with Crippen LogP contribution in [-0.2, 0) is 6.42 Å². The fraction of sp³-hybridized carbons (Fsp3) is 0.143. The molecule has 0 spiro atoms. The quantitative estimate of drug-likeness (QED) is 0.479. The number of Topliss-reactive ketones (excluding diaryl/α,β-unsaturated/α-hetero) is 1. The summed E-state index contributed by atoms with van der Waals surface area (Å²) in [6, 6.07) is 8.05. The van der Waals surface area contributed by atoms with E-state index >= 15 is 0 Å². The molecule has 0 N–H and O–H groups in total. The Hall–Kier alpha value is -2.56. The molecule has 1 aromatic carbocycles. The van der Waals surface area contributed by atoms with Gasteiger partial charge in [0.05, 0.1) is 4.92 Å². The van der Waals surface area contributed by atoms with E-state index in [2.05, 4.69) is 4.98 Å². The number of aromatic nitrogens is 1. The zero-order valence-corrected chi connectivity index (χ0v) is 10.4. The molecule has 0 atom stereocenters. The third-order valence-electron chi connectivity index (χ3n) is 2.84. The lowest BCUT2D eigenvalue weighted by atomic mass is 10.0. The van der Waals surface area contributed by atoms with Crippen LogP contribution in [0.5, 0.6) is 0 Å². The van der Waals surface area contributed by atoms with Gasteiger partial charge in [0, 0.05) is 36.0 Å². The van der Waals surface area contributed by atoms with Crippen molar-refractivity contribution >= 4 is 11.5 Å². The van der Waals surface area contributed by atoms with Gasteiger partial charge in [0.1, 0.15) is 0 Å². The van der Waals surface area contributed by atoms with Crippen LogP contribution in [0.15, 0.2) is 42.7 Å². The van der Waals surface area contributed by atoms with Gasteiger partial charge in [-0.3, -0.25) is 19.9 Å². The molecule has 0 saturated carbocycles. The second-order valence-electron chi connectivity index (χ2n) is 4.21. The van der Waals surface area contributed by atoms with Crippen LogP contribution in [-0.4, -0.2) is 15.7 Å². The number of nitrogens with zero attached hydrogens (tertiary/aromatic N) is 2. The van der Waals surface area contributed by atoms with Crippen molar-refractivity contribution in [1.29, 1.82) is 0 Å². The van der Waals surface area contributed by atoms with Crippen LogP contribution in [0.3, 0.4) is 0 Å². The highest BCUT2D eigenvalue weighted by atomic mass is 16.6. The minimum Gasteiger partial charge on any atom is -0.294 e. The summed E-state index contributed by atoms with van der Waals surface area (Å²) in [4.78, 5) is 26.3. The number of nitro benzene ring substituents is 1. The molecule has 0 bridgehead atoms. The molecule has 0 aliphatic carbocycles. The number of ketones is 1. The molecule has 0 saturated heterocycles. The first-order valence-corrected chi connectivity index (χ1v) is 5.75. The number of pyridine rings is 1. The van der Waals surface area contributed by atoms with Crippen molar-refractivity contribution < 1.29 is 9.72 Å². The van der Waals surface area contributed by atoms with Crippen LogP contribution in [0.25, 0.3) is 0 Å². The van der Waals surface area contributed by atoms with Gasteiger partial charge < -0.3 is 0 Å². The Kier molecular flexibility index (Phi) is 3.66. The fourth-order valence-corrected chi connectivity index (χ4v) is 1.77. The summed E-state index contributed by atoms with van der Waals surface area (Å²) in [7, 11) is 0. The first-order chi connectivity index (χ1) is 9.08. The third-order valence-corrected chi connectivity index (χ3v) is 2.84. The maximum atomic E-state index is 12.1. The van der Waals surface area contributed by atoms with Crippen molar-refractivity contribution in [2.45, 2.75) is 13.3 Å². The van der Waals surface area contributed by atoms with Crippen LogP contribution < -0.4 is 0 Å². The second kappa shape index (κ2) is 5.39. The van der Waals surface area contributed by atoms with Gasteiger partial charge in [0.15, 0.2) is 5.78 Å². The van der Waals surface area contributed by atoms with Gasteiger partial charge in [-0.2, -0.15) is 0 Å². The van der Waals surface area contributed by atoms with E-state index in [0.717, 1.165) is 5.56 Å². The Labute approximate surface area is 110 Å². The summed E-state index contributed by atoms with van der Waals surface area (Å²) in [5.74, 6) is -0.144. The van der Waals surface area contributed by atoms with E-state index < -0.39 is 4.92 Å². The topological polar surface area (TPSA) is 73.1 Å². The molecule has 5 nitrogen and oxygen atoms in total. The Bertz CT molecular complexity index is 624. The molecule has 0 aliphatic rings. The summed E-state index contributed by atoms with van der Waals surface area (Å²) in [5.41, 5.74) is 1.71. The summed E-state index contributed by atoms with van der Waals surface area (Å²) >= 11 is 0. The normalized spacial score (nSPS) is 10.2. The largest absolute Gasteiger partial charge is 0.294 e. The maximum Gasteiger partial charge on any atom is 0.273 e. The zero-order valence-electron chi connectivity index (χ0n) is 10.4. The highest BCUT2D eigenvalue weighted by molar-refractivity contribution is 5.98. The molecule has 2 rings (SSSR count). The SMILES string of the molecule is Cc1ccc(C(=O)Cc2ccncc2)cc1[N+](=O)[O-]. The molecule has 0 radical (unpaired) electrons. The summed E-state index contributed by atoms with van der Waals surface area (Å²) < 4.78 is 0. The van der Waals surface area contributed by atoms with E-state index in [0.29, 0.717) is 11.1 Å². The highest BCUT2D eigenvalue weighted by Gasteiger charge is 2.15. The summed E-state index contributed by atoms with van der Waals surface area (Å²) in [6.45, 7) is 1.65. The van der Waals surface area contributed by atoms with Gasteiger partial charge in [0.2, 0.25) is 0 Å². The lowest BCUT2D eigenvalue weighted by Crippen LogP contribution is -2.05. The molecular formula is C14H12N2O3. The van der Waals surface area contributed by atoms with Crippen molar-refractivity contribution in [3.05, 3.63) is 69.5 Å². The Balaban J connectivity index is 2.25. The first-order valence-electron chi connectivity index (χ1n) is 5.75. The van der Waals surface area contributed by atoms with Crippen LogP contribution in [0.1, 0.15) is 21.5 Å². The van der Waals surface area contributed by atoms with Gasteiger partial charge >= 0.3 is 0 Å². The number of hydrogen-bond donors (Lipinski definition) is 0. The second-order valence-corrected chi connectivity index (χ2v) is 4.21. The van der Waals surface area contributed by atoms with Gasteiger partial charge in [-0.05, 0) is 24.6 Å². The molecular weight excluding hydrogens is 244 g/mol. The number of hydrogen-bond acceptors (Lipinski definition) is 4. The van der Waals surface area contributed by atoms with E-state index in [9.17, 15) is 14.9 Å². The van der Waals surface area contributed by atoms with Gasteiger partial charge in [0.25, 0.3) is 5.69 Å². The van der Waals surface area contributed by atoms with Gasteiger partial charge in [-0.1, -0.05) is 12.1 Å². The number of rotatable bonds is 4. The fourth-order valence-electron chi connectivity index (χ4n) is 1.77. The van der Waals surface area contributed by atoms with Gasteiger partial charge in [-0.15, -0.1) is 0 Å². The predicted molar refractivity (Wildman–Crippen MR) is 70.1 cm³/mol. The third kappa shape index (κ3) is 3.01. The monoisotopic (exact) mass is 256 g/mol. The van der Waals surface area contributed by atoms with Crippen LogP contribution >= 0.6 is 0 Å². The van der Waals surface area contributed by atoms with E-state index in [-0.39, 0.29) is 17.9 Å². The van der Waals surface area contributed by atoms with Gasteiger partial charge in [-0.25, -0.2) is 0 Å². The molecule has 0 aliphatic heterocycles. The Morgan fingerprint density at radius 1 is 1.26 bits per heavy atom. The number of carbonyl (C=O) groups is 1. The van der Waals surface area contributed by atoms with Crippen molar-refractivity contribution in [3.63, 3.8) is 0 Å². The smallest absolute Gasteiger partial charge is 0.273 e. The van der Waals surface area contributed by atoms with Crippen molar-refractivity contribution in [2.24, 2.45) is 0 Å². The Morgan fingerprint density at radius 3 is 2.58 bits per heavy atom. The van der Waals surface area contributed by atoms with Crippen LogP contribution in [0.4, 0.5) is 5.69 Å². The number of benzene rings is 1. The summed E-state index contributed by atoms with van der Waals surface area (Å²) in [6.07, 6.45) is 3.43. The average Bonchev–Trinajstić information content (AvgIpc) is 2.40. The molecule has 1 heterocycles. The van der Waals surface area contributed by atoms with Crippen LogP contribution in [0, 0.1) is 17.0 Å². The van der Waals surface area contributed by atoms with Crippen LogP contribution in [0.2, 0.25) is 0 Å². The molecule has 0 amide bonds. The molecule has 5 heteroatoms. The van der Waals surface area contributed by atoms with Crippen molar-refractivity contribution in [2.75, 3.05) is 0 Å². The molecule has 0 unspecified atom stereocenters. The number of carbonyl (C=O) groups excluding carboxylic acids is 1. The Morgan fingerprint density at radius 2 is 1.95 bits per heavy atom. The highest BCUT2D eigenvalue weighted by Crippen LogP contribution is 2.20. The molecule has 2 aromatic rings. The number of aryl methyl sites for hydroxylation is 1. The minimum atomic E-state index is -0.474. The zero-order chi connectivity index (χ0) is 13.8. The maximum absolute atomic E-state index is 12.1. The molecule has 96 valence electrons. The average molecular weight is 256 g/mol. The van der Waals surface area contributed by atoms with E-state index in [1.54, 1.807) is 43.6 Å². The molecule has 1 aromatic heterocycles. The standard InChI is InChI=1S/C14H12N2O3/c1-10-2-3-12(9-13(10)16(18)19)14(17)8-11-4-6-15-7-5-11/h2-7,9H,8H2,1H3. The molecule has 19 heavy (non-hydrogen) atoms. The van der Waals surface area contributed by atoms with E-state index in [1.807, 2.05) is 0 Å². The number of nitro groups is 1. The lowest BCUT2D eigenvalue weighted by Gasteiger charge is -2.03.